The molecule has 0 unspecified atom stereocenters. The van der Waals surface area contributed by atoms with Crippen LogP contribution in [0.2, 0.25) is 0 Å². The average Bonchev–Trinajstić information content (AvgIpc) is 1.94. The largest absolute Gasteiger partial charge is 0.282 e. The minimum Gasteiger partial charge on any atom is -0.282 e. The fraction of sp³-hybridized carbons (Fsp3) is 0.778. The maximum Gasteiger partial charge on any atom is 0.229 e. The molecule has 74 valence electrons. The van der Waals surface area contributed by atoms with Crippen LogP contribution in [0.5, 0.6) is 0 Å². The van der Waals surface area contributed by atoms with Crippen molar-refractivity contribution in [2.45, 2.75) is 26.7 Å². The maximum atomic E-state index is 11.5. The van der Waals surface area contributed by atoms with Crippen molar-refractivity contribution in [3.8, 4) is 0 Å². The number of hydrogen-bond donors (Lipinski definition) is 0. The molecule has 3 nitrogen and oxygen atoms in total. The van der Waals surface area contributed by atoms with Crippen molar-refractivity contribution in [1.29, 1.82) is 0 Å². The van der Waals surface area contributed by atoms with Crippen molar-refractivity contribution in [1.82, 2.24) is 4.90 Å². The van der Waals surface area contributed by atoms with E-state index in [9.17, 15) is 9.59 Å². The second kappa shape index (κ2) is 3.78. The quantitative estimate of drug-likeness (QED) is 0.549. The molecule has 1 rings (SSSR count). The molecule has 13 heavy (non-hydrogen) atoms. The number of piperidine rings is 1. The highest BCUT2D eigenvalue weighted by Crippen LogP contribution is 2.31. The van der Waals surface area contributed by atoms with E-state index in [4.69, 9.17) is 0 Å². The van der Waals surface area contributed by atoms with Gasteiger partial charge in [-0.15, -0.1) is 0 Å². The third kappa shape index (κ3) is 2.53. The van der Waals surface area contributed by atoms with Crippen LogP contribution in [0.1, 0.15) is 26.7 Å². The number of nitrogens with zero attached hydrogens (tertiary/aromatic N) is 1. The number of rotatable bonds is 2. The summed E-state index contributed by atoms with van der Waals surface area (Å²) in [5.74, 6) is -0.0820. The molecule has 0 aliphatic carbocycles. The van der Waals surface area contributed by atoms with Crippen LogP contribution in [0.25, 0.3) is 0 Å². The number of halogens is 1. The summed E-state index contributed by atoms with van der Waals surface area (Å²) in [6.45, 7) is 4.40. The predicted molar refractivity (Wildman–Crippen MR) is 53.5 cm³/mol. The lowest BCUT2D eigenvalue weighted by Crippen LogP contribution is -2.46. The van der Waals surface area contributed by atoms with E-state index >= 15 is 0 Å². The van der Waals surface area contributed by atoms with Gasteiger partial charge in [-0.25, -0.2) is 0 Å². The van der Waals surface area contributed by atoms with Gasteiger partial charge in [0.15, 0.2) is 0 Å². The summed E-state index contributed by atoms with van der Waals surface area (Å²) in [6.07, 6.45) is 0.956. The lowest BCUT2D eigenvalue weighted by atomic mass is 9.82. The van der Waals surface area contributed by atoms with E-state index in [0.29, 0.717) is 24.7 Å². The summed E-state index contributed by atoms with van der Waals surface area (Å²) in [7, 11) is 0. The molecule has 0 aromatic heterocycles. The maximum absolute atomic E-state index is 11.5. The number of hydrogen-bond acceptors (Lipinski definition) is 2. The predicted octanol–water partition coefficient (Wildman–Crippen LogP) is 1.56. The Balaban J connectivity index is 2.71. The standard InChI is InChI=1S/C9H14BrNO2/c1-9(2)5-7(12)11(4-3-10)8(13)6-9/h3-6H2,1-2H3. The van der Waals surface area contributed by atoms with E-state index in [-0.39, 0.29) is 17.2 Å². The fourth-order valence-corrected chi connectivity index (χ4v) is 1.90. The van der Waals surface area contributed by atoms with E-state index in [0.717, 1.165) is 0 Å². The molecule has 0 N–H and O–H groups in total. The first-order valence-corrected chi connectivity index (χ1v) is 5.47. The normalized spacial score (nSPS) is 22.2. The van der Waals surface area contributed by atoms with E-state index in [1.54, 1.807) is 0 Å². The summed E-state index contributed by atoms with van der Waals surface area (Å²) in [5.41, 5.74) is -0.156. The van der Waals surface area contributed by atoms with Crippen LogP contribution in [-0.4, -0.2) is 28.6 Å². The molecule has 0 aromatic carbocycles. The van der Waals surface area contributed by atoms with Crippen LogP contribution in [0.15, 0.2) is 0 Å². The fourth-order valence-electron chi connectivity index (χ4n) is 1.55. The first-order chi connectivity index (χ1) is 5.96. The smallest absolute Gasteiger partial charge is 0.229 e. The van der Waals surface area contributed by atoms with Gasteiger partial charge >= 0.3 is 0 Å². The van der Waals surface area contributed by atoms with E-state index < -0.39 is 0 Å². The van der Waals surface area contributed by atoms with Gasteiger partial charge in [0.25, 0.3) is 0 Å². The summed E-state index contributed by atoms with van der Waals surface area (Å²) in [4.78, 5) is 24.3. The molecule has 1 aliphatic heterocycles. The van der Waals surface area contributed by atoms with Crippen molar-refractivity contribution in [3.63, 3.8) is 0 Å². The van der Waals surface area contributed by atoms with Crippen LogP contribution >= 0.6 is 15.9 Å². The van der Waals surface area contributed by atoms with Crippen molar-refractivity contribution < 1.29 is 9.59 Å². The van der Waals surface area contributed by atoms with Crippen LogP contribution in [0.4, 0.5) is 0 Å². The molecular formula is C9H14BrNO2. The van der Waals surface area contributed by atoms with E-state index in [1.165, 1.54) is 4.90 Å². The molecule has 1 aliphatic rings. The zero-order valence-electron chi connectivity index (χ0n) is 7.97. The number of carbonyl (C=O) groups is 2. The highest BCUT2D eigenvalue weighted by Gasteiger charge is 2.36. The van der Waals surface area contributed by atoms with Gasteiger partial charge in [0.1, 0.15) is 0 Å². The zero-order chi connectivity index (χ0) is 10.1. The highest BCUT2D eigenvalue weighted by molar-refractivity contribution is 9.09. The second-order valence-corrected chi connectivity index (χ2v) is 4.94. The molecule has 1 fully saturated rings. The van der Waals surface area contributed by atoms with Crippen LogP contribution in [0, 0.1) is 5.41 Å². The summed E-state index contributed by atoms with van der Waals surface area (Å²) in [5, 5.41) is 0.658. The number of alkyl halides is 1. The first-order valence-electron chi connectivity index (χ1n) is 4.35. The second-order valence-electron chi connectivity index (χ2n) is 4.15. The molecule has 0 saturated carbocycles. The topological polar surface area (TPSA) is 37.4 Å². The zero-order valence-corrected chi connectivity index (χ0v) is 9.56. The van der Waals surface area contributed by atoms with Gasteiger partial charge in [0.2, 0.25) is 11.8 Å². The third-order valence-corrected chi connectivity index (χ3v) is 2.52. The lowest BCUT2D eigenvalue weighted by Gasteiger charge is -2.34. The molecule has 1 saturated heterocycles. The van der Waals surface area contributed by atoms with Gasteiger partial charge in [0, 0.05) is 24.7 Å². The number of amides is 2. The molecular weight excluding hydrogens is 234 g/mol. The lowest BCUT2D eigenvalue weighted by molar-refractivity contribution is -0.151. The van der Waals surface area contributed by atoms with Gasteiger partial charge in [-0.2, -0.15) is 0 Å². The number of carbonyl (C=O) groups excluding carboxylic acids is 2. The molecule has 0 bridgehead atoms. The molecule has 4 heteroatoms. The van der Waals surface area contributed by atoms with Crippen LogP contribution < -0.4 is 0 Å². The van der Waals surface area contributed by atoms with Crippen molar-refractivity contribution in [2.24, 2.45) is 5.41 Å². The highest BCUT2D eigenvalue weighted by atomic mass is 79.9. The minimum atomic E-state index is -0.156. The Morgan fingerprint density at radius 3 is 2.15 bits per heavy atom. The Hall–Kier alpha value is -0.380. The van der Waals surface area contributed by atoms with Gasteiger partial charge in [0.05, 0.1) is 0 Å². The van der Waals surface area contributed by atoms with Gasteiger partial charge in [-0.05, 0) is 5.41 Å². The molecule has 0 atom stereocenters. The summed E-state index contributed by atoms with van der Waals surface area (Å²) < 4.78 is 0. The number of imide groups is 1. The van der Waals surface area contributed by atoms with Gasteiger partial charge < -0.3 is 0 Å². The SMILES string of the molecule is CC1(C)CC(=O)N(CCBr)C(=O)C1. The molecule has 0 spiro atoms. The third-order valence-electron chi connectivity index (χ3n) is 2.17. The van der Waals surface area contributed by atoms with Crippen LogP contribution in [0.3, 0.4) is 0 Å². The number of likely N-dealkylation sites (tertiary alicyclic amines) is 1. The Labute approximate surface area is 86.6 Å². The molecule has 2 amide bonds. The molecule has 0 radical (unpaired) electrons. The van der Waals surface area contributed by atoms with Gasteiger partial charge in [-0.3, -0.25) is 14.5 Å². The minimum absolute atomic E-state index is 0.0410. The van der Waals surface area contributed by atoms with E-state index in [2.05, 4.69) is 15.9 Å². The average molecular weight is 248 g/mol. The van der Waals surface area contributed by atoms with Crippen molar-refractivity contribution in [3.05, 3.63) is 0 Å². The Kier molecular flexibility index (Phi) is 3.11. The molecule has 0 aromatic rings. The first kappa shape index (κ1) is 10.7. The van der Waals surface area contributed by atoms with Crippen molar-refractivity contribution >= 4 is 27.7 Å². The summed E-state index contributed by atoms with van der Waals surface area (Å²) >= 11 is 3.22. The Morgan fingerprint density at radius 2 is 1.77 bits per heavy atom. The van der Waals surface area contributed by atoms with Gasteiger partial charge in [-0.1, -0.05) is 29.8 Å². The van der Waals surface area contributed by atoms with Crippen LogP contribution in [-0.2, 0) is 9.59 Å². The molecule has 1 heterocycles. The van der Waals surface area contributed by atoms with E-state index in [1.807, 2.05) is 13.8 Å². The Morgan fingerprint density at radius 1 is 1.31 bits per heavy atom. The monoisotopic (exact) mass is 247 g/mol. The van der Waals surface area contributed by atoms with Crippen molar-refractivity contribution in [2.75, 3.05) is 11.9 Å². The summed E-state index contributed by atoms with van der Waals surface area (Å²) in [6, 6.07) is 0. The Bertz CT molecular complexity index is 218.